The standard InChI is InChI=1S/C34H26/c1-2-24-13-11-12-20-30(24)34-32-22-28-19-10-9-18-27(28)21-29(32)23-31(25-14-5-3-6-15-25)33(34)26-16-7-4-8-17-26/h3-23H,2H2,1H3. The zero-order valence-electron chi connectivity index (χ0n) is 19.3. The van der Waals surface area contributed by atoms with Gasteiger partial charge in [0.1, 0.15) is 0 Å². The van der Waals surface area contributed by atoms with E-state index in [4.69, 9.17) is 0 Å². The van der Waals surface area contributed by atoms with Gasteiger partial charge in [-0.25, -0.2) is 0 Å². The molecule has 0 nitrogen and oxygen atoms in total. The Bertz CT molecular complexity index is 1610. The Hall–Kier alpha value is -4.16. The summed E-state index contributed by atoms with van der Waals surface area (Å²) < 4.78 is 0. The van der Waals surface area contributed by atoms with Gasteiger partial charge in [0, 0.05) is 0 Å². The van der Waals surface area contributed by atoms with Crippen molar-refractivity contribution in [1.29, 1.82) is 0 Å². The molecule has 0 aliphatic rings. The van der Waals surface area contributed by atoms with Crippen molar-refractivity contribution in [2.45, 2.75) is 13.3 Å². The Morgan fingerprint density at radius 2 is 1.03 bits per heavy atom. The van der Waals surface area contributed by atoms with Crippen LogP contribution in [-0.4, -0.2) is 0 Å². The van der Waals surface area contributed by atoms with Crippen molar-refractivity contribution in [2.75, 3.05) is 0 Å². The van der Waals surface area contributed by atoms with E-state index in [0.717, 1.165) is 6.42 Å². The highest BCUT2D eigenvalue weighted by Crippen LogP contribution is 2.46. The van der Waals surface area contributed by atoms with Crippen LogP contribution in [0.4, 0.5) is 0 Å². The minimum atomic E-state index is 0.995. The summed E-state index contributed by atoms with van der Waals surface area (Å²) in [6.07, 6.45) is 0.995. The van der Waals surface area contributed by atoms with E-state index < -0.39 is 0 Å². The van der Waals surface area contributed by atoms with Crippen molar-refractivity contribution in [3.63, 3.8) is 0 Å². The molecule has 6 rings (SSSR count). The molecule has 0 saturated carbocycles. The topological polar surface area (TPSA) is 0 Å². The van der Waals surface area contributed by atoms with Gasteiger partial charge in [0.05, 0.1) is 0 Å². The summed E-state index contributed by atoms with van der Waals surface area (Å²) in [7, 11) is 0. The van der Waals surface area contributed by atoms with Crippen molar-refractivity contribution >= 4 is 21.5 Å². The lowest BCUT2D eigenvalue weighted by molar-refractivity contribution is 1.14. The fourth-order valence-corrected chi connectivity index (χ4v) is 5.19. The Balaban J connectivity index is 1.85. The van der Waals surface area contributed by atoms with Crippen molar-refractivity contribution in [2.24, 2.45) is 0 Å². The van der Waals surface area contributed by atoms with Gasteiger partial charge in [-0.05, 0) is 85.1 Å². The molecule has 0 spiro atoms. The predicted octanol–water partition coefficient (Wildman–Crippen LogP) is 9.56. The Labute approximate surface area is 201 Å². The van der Waals surface area contributed by atoms with Gasteiger partial charge in [0.15, 0.2) is 0 Å². The highest BCUT2D eigenvalue weighted by molar-refractivity contribution is 6.13. The summed E-state index contributed by atoms with van der Waals surface area (Å²) in [5.41, 5.74) is 9.09. The lowest BCUT2D eigenvalue weighted by Gasteiger charge is -2.21. The van der Waals surface area contributed by atoms with E-state index in [1.54, 1.807) is 0 Å². The third-order valence-electron chi connectivity index (χ3n) is 6.82. The summed E-state index contributed by atoms with van der Waals surface area (Å²) in [5.74, 6) is 0. The van der Waals surface area contributed by atoms with Gasteiger partial charge in [-0.1, -0.05) is 116 Å². The molecule has 0 aromatic heterocycles. The summed E-state index contributed by atoms with van der Waals surface area (Å²) in [5, 5.41) is 5.13. The van der Waals surface area contributed by atoms with Crippen LogP contribution in [0.2, 0.25) is 0 Å². The molecule has 0 saturated heterocycles. The zero-order chi connectivity index (χ0) is 22.9. The second-order valence-electron chi connectivity index (χ2n) is 8.84. The minimum Gasteiger partial charge on any atom is -0.0622 e. The predicted molar refractivity (Wildman–Crippen MR) is 147 cm³/mol. The van der Waals surface area contributed by atoms with Gasteiger partial charge in [-0.2, -0.15) is 0 Å². The number of hydrogen-bond acceptors (Lipinski definition) is 0. The average Bonchev–Trinajstić information content (AvgIpc) is 2.92. The van der Waals surface area contributed by atoms with E-state index in [-0.39, 0.29) is 0 Å². The maximum absolute atomic E-state index is 2.39. The molecule has 6 aromatic rings. The van der Waals surface area contributed by atoms with E-state index in [9.17, 15) is 0 Å². The average molecular weight is 435 g/mol. The minimum absolute atomic E-state index is 0.995. The largest absolute Gasteiger partial charge is 0.0622 e. The summed E-state index contributed by atoms with van der Waals surface area (Å²) >= 11 is 0. The van der Waals surface area contributed by atoms with Crippen LogP contribution < -0.4 is 0 Å². The second-order valence-corrected chi connectivity index (χ2v) is 8.84. The van der Waals surface area contributed by atoms with Crippen LogP contribution in [0.1, 0.15) is 12.5 Å². The third-order valence-corrected chi connectivity index (χ3v) is 6.82. The number of aryl methyl sites for hydroxylation is 1. The van der Waals surface area contributed by atoms with Gasteiger partial charge in [0.2, 0.25) is 0 Å². The molecule has 0 amide bonds. The Kier molecular flexibility index (Phi) is 5.20. The normalized spacial score (nSPS) is 11.2. The molecule has 162 valence electrons. The number of rotatable bonds is 4. The van der Waals surface area contributed by atoms with Crippen LogP contribution in [0.15, 0.2) is 127 Å². The van der Waals surface area contributed by atoms with Gasteiger partial charge in [0.25, 0.3) is 0 Å². The molecule has 0 heterocycles. The van der Waals surface area contributed by atoms with Crippen LogP contribution in [0.25, 0.3) is 54.9 Å². The van der Waals surface area contributed by atoms with Crippen molar-refractivity contribution in [1.82, 2.24) is 0 Å². The first-order valence-electron chi connectivity index (χ1n) is 12.0. The first kappa shape index (κ1) is 20.4. The zero-order valence-corrected chi connectivity index (χ0v) is 19.3. The second kappa shape index (κ2) is 8.65. The van der Waals surface area contributed by atoms with E-state index >= 15 is 0 Å². The lowest BCUT2D eigenvalue weighted by Crippen LogP contribution is -1.96. The van der Waals surface area contributed by atoms with E-state index in [2.05, 4.69) is 134 Å². The van der Waals surface area contributed by atoms with Crippen LogP contribution in [0.5, 0.6) is 0 Å². The molecule has 6 aromatic carbocycles. The fourth-order valence-electron chi connectivity index (χ4n) is 5.19. The first-order chi connectivity index (χ1) is 16.8. The SMILES string of the molecule is CCc1ccccc1-c1c(-c2ccccc2)c(-c2ccccc2)cc2cc3ccccc3cc12. The smallest absolute Gasteiger partial charge is 0.00176 e. The van der Waals surface area contributed by atoms with E-state index in [1.165, 1.54) is 60.5 Å². The summed E-state index contributed by atoms with van der Waals surface area (Å²) in [6, 6.07) is 46.4. The molecule has 0 N–H and O–H groups in total. The number of fused-ring (bicyclic) bond motifs is 2. The quantitative estimate of drug-likeness (QED) is 0.242. The van der Waals surface area contributed by atoms with Crippen LogP contribution in [0, 0.1) is 0 Å². The molecule has 0 bridgehead atoms. The highest BCUT2D eigenvalue weighted by Gasteiger charge is 2.20. The number of benzene rings is 6. The molecule has 0 aliphatic carbocycles. The molecule has 0 atom stereocenters. The van der Waals surface area contributed by atoms with Crippen molar-refractivity contribution in [3.05, 3.63) is 133 Å². The lowest BCUT2D eigenvalue weighted by atomic mass is 9.82. The van der Waals surface area contributed by atoms with Crippen LogP contribution in [-0.2, 0) is 6.42 Å². The van der Waals surface area contributed by atoms with Gasteiger partial charge in [-0.15, -0.1) is 0 Å². The molecule has 0 radical (unpaired) electrons. The molecule has 0 aliphatic heterocycles. The number of hydrogen-bond donors (Lipinski definition) is 0. The Morgan fingerprint density at radius 1 is 0.441 bits per heavy atom. The molecule has 0 fully saturated rings. The van der Waals surface area contributed by atoms with Crippen LogP contribution >= 0.6 is 0 Å². The Morgan fingerprint density at radius 3 is 1.74 bits per heavy atom. The fraction of sp³-hybridized carbons (Fsp3) is 0.0588. The third kappa shape index (κ3) is 3.49. The van der Waals surface area contributed by atoms with E-state index in [1.807, 2.05) is 0 Å². The van der Waals surface area contributed by atoms with Gasteiger partial charge >= 0.3 is 0 Å². The van der Waals surface area contributed by atoms with Crippen molar-refractivity contribution in [3.8, 4) is 33.4 Å². The molecule has 34 heavy (non-hydrogen) atoms. The van der Waals surface area contributed by atoms with E-state index in [0.29, 0.717) is 0 Å². The molecule has 0 heteroatoms. The summed E-state index contributed by atoms with van der Waals surface area (Å²) in [6.45, 7) is 2.25. The monoisotopic (exact) mass is 434 g/mol. The first-order valence-corrected chi connectivity index (χ1v) is 12.0. The molecule has 0 unspecified atom stereocenters. The maximum atomic E-state index is 2.39. The molecular formula is C34H26. The maximum Gasteiger partial charge on any atom is -0.00176 e. The van der Waals surface area contributed by atoms with Crippen LogP contribution in [0.3, 0.4) is 0 Å². The summed E-state index contributed by atoms with van der Waals surface area (Å²) in [4.78, 5) is 0. The van der Waals surface area contributed by atoms with Crippen molar-refractivity contribution < 1.29 is 0 Å². The van der Waals surface area contributed by atoms with Gasteiger partial charge in [-0.3, -0.25) is 0 Å². The van der Waals surface area contributed by atoms with Gasteiger partial charge < -0.3 is 0 Å². The molecular weight excluding hydrogens is 408 g/mol. The highest BCUT2D eigenvalue weighted by atomic mass is 14.2.